The van der Waals surface area contributed by atoms with Crippen LogP contribution in [0.5, 0.6) is 0 Å². The van der Waals surface area contributed by atoms with E-state index in [1.54, 1.807) is 6.26 Å². The van der Waals surface area contributed by atoms with Gasteiger partial charge >= 0.3 is 0 Å². The molecular weight excluding hydrogens is 360 g/mol. The Kier molecular flexibility index (Phi) is 5.29. The largest absolute Gasteiger partial charge is 0.461 e. The molecule has 0 aliphatic carbocycles. The number of thioether (sulfide) groups is 1. The molecule has 27 heavy (non-hydrogen) atoms. The first-order valence-corrected chi connectivity index (χ1v) is 10.1. The molecule has 0 saturated carbocycles. The van der Waals surface area contributed by atoms with Gasteiger partial charge in [-0.15, -0.1) is 10.2 Å². The van der Waals surface area contributed by atoms with Gasteiger partial charge in [0.05, 0.1) is 6.26 Å². The van der Waals surface area contributed by atoms with Gasteiger partial charge in [-0.1, -0.05) is 42.1 Å². The van der Waals surface area contributed by atoms with E-state index in [9.17, 15) is 4.79 Å². The van der Waals surface area contributed by atoms with Crippen LogP contribution < -0.4 is 0 Å². The van der Waals surface area contributed by atoms with Crippen LogP contribution in [0.25, 0.3) is 11.6 Å². The average Bonchev–Trinajstić information content (AvgIpc) is 3.47. The maximum atomic E-state index is 13.2. The zero-order valence-corrected chi connectivity index (χ0v) is 16.1. The summed E-state index contributed by atoms with van der Waals surface area (Å²) in [6, 6.07) is 13.6. The van der Waals surface area contributed by atoms with E-state index >= 15 is 0 Å². The Balaban J connectivity index is 1.67. The molecule has 4 rings (SSSR count). The minimum Gasteiger partial charge on any atom is -0.461 e. The lowest BCUT2D eigenvalue weighted by Crippen LogP contribution is -2.31. The van der Waals surface area contributed by atoms with Crippen molar-refractivity contribution < 1.29 is 9.21 Å². The Labute approximate surface area is 162 Å². The zero-order valence-electron chi connectivity index (χ0n) is 15.2. The third-order valence-electron chi connectivity index (χ3n) is 4.74. The monoisotopic (exact) mass is 382 g/mol. The summed E-state index contributed by atoms with van der Waals surface area (Å²) >= 11 is 1.46. The van der Waals surface area contributed by atoms with Crippen LogP contribution in [0.3, 0.4) is 0 Å². The molecule has 1 aliphatic heterocycles. The number of amides is 1. The minimum atomic E-state index is -0.330. The maximum Gasteiger partial charge on any atom is 0.240 e. The molecule has 0 unspecified atom stereocenters. The van der Waals surface area contributed by atoms with Crippen LogP contribution in [0.4, 0.5) is 0 Å². The van der Waals surface area contributed by atoms with Crippen LogP contribution in [-0.2, 0) is 11.3 Å². The second-order valence-electron chi connectivity index (χ2n) is 6.47. The highest BCUT2D eigenvalue weighted by atomic mass is 32.2. The Morgan fingerprint density at radius 1 is 1.15 bits per heavy atom. The van der Waals surface area contributed by atoms with Crippen LogP contribution in [0, 0.1) is 0 Å². The molecule has 3 aromatic rings. The normalized spacial score (nSPS) is 15.2. The van der Waals surface area contributed by atoms with Crippen molar-refractivity contribution >= 4 is 17.7 Å². The number of nitrogens with zero attached hydrogens (tertiary/aromatic N) is 4. The molecule has 1 amide bonds. The first-order chi connectivity index (χ1) is 13.3. The van der Waals surface area contributed by atoms with Crippen LogP contribution >= 0.6 is 11.8 Å². The summed E-state index contributed by atoms with van der Waals surface area (Å²) in [5.74, 6) is 1.51. The van der Waals surface area contributed by atoms with Gasteiger partial charge in [0.15, 0.2) is 16.7 Å². The van der Waals surface area contributed by atoms with Gasteiger partial charge < -0.3 is 9.32 Å². The Morgan fingerprint density at radius 2 is 1.93 bits per heavy atom. The molecule has 1 atom stereocenters. The van der Waals surface area contributed by atoms with Crippen molar-refractivity contribution in [2.24, 2.45) is 0 Å². The number of hydrogen-bond donors (Lipinski definition) is 0. The fourth-order valence-corrected chi connectivity index (χ4v) is 4.53. The second-order valence-corrected chi connectivity index (χ2v) is 7.54. The lowest BCUT2D eigenvalue weighted by Gasteiger charge is -2.23. The Hall–Kier alpha value is -2.54. The van der Waals surface area contributed by atoms with Crippen molar-refractivity contribution in [1.29, 1.82) is 0 Å². The van der Waals surface area contributed by atoms with Crippen molar-refractivity contribution in [3.8, 4) is 11.6 Å². The van der Waals surface area contributed by atoms with E-state index in [1.165, 1.54) is 11.8 Å². The molecule has 6 nitrogen and oxygen atoms in total. The predicted octanol–water partition coefficient (Wildman–Crippen LogP) is 4.01. The number of aromatic nitrogens is 3. The smallest absolute Gasteiger partial charge is 0.240 e. The number of furan rings is 1. The highest BCUT2D eigenvalue weighted by Gasteiger charge is 2.30. The molecule has 1 saturated heterocycles. The molecule has 1 aliphatic rings. The van der Waals surface area contributed by atoms with E-state index in [0.717, 1.165) is 36.7 Å². The van der Waals surface area contributed by atoms with E-state index in [2.05, 4.69) is 10.2 Å². The Bertz CT molecular complexity index is 886. The quantitative estimate of drug-likeness (QED) is 0.603. The van der Waals surface area contributed by atoms with Gasteiger partial charge in [-0.2, -0.15) is 0 Å². The van der Waals surface area contributed by atoms with E-state index in [0.29, 0.717) is 18.1 Å². The summed E-state index contributed by atoms with van der Waals surface area (Å²) in [5, 5.41) is 9.07. The predicted molar refractivity (Wildman–Crippen MR) is 104 cm³/mol. The number of likely N-dealkylation sites (tertiary alicyclic amines) is 1. The first kappa shape index (κ1) is 17.9. The molecule has 0 radical (unpaired) electrons. The molecule has 1 fully saturated rings. The van der Waals surface area contributed by atoms with Crippen molar-refractivity contribution in [3.63, 3.8) is 0 Å². The van der Waals surface area contributed by atoms with E-state index in [1.807, 2.05) is 58.9 Å². The van der Waals surface area contributed by atoms with Crippen molar-refractivity contribution in [1.82, 2.24) is 19.7 Å². The van der Waals surface area contributed by atoms with E-state index in [4.69, 9.17) is 4.42 Å². The van der Waals surface area contributed by atoms with Crippen LogP contribution in [0.15, 0.2) is 58.3 Å². The van der Waals surface area contributed by atoms with Gasteiger partial charge in [-0.3, -0.25) is 9.36 Å². The van der Waals surface area contributed by atoms with E-state index in [-0.39, 0.29) is 11.2 Å². The van der Waals surface area contributed by atoms with Crippen LogP contribution in [-0.4, -0.2) is 38.7 Å². The SMILES string of the molecule is CCn1c(S[C@@H](C(=O)N2CCCC2)c2ccccc2)nnc1-c1ccco1. The van der Waals surface area contributed by atoms with Crippen molar-refractivity contribution in [2.75, 3.05) is 13.1 Å². The minimum absolute atomic E-state index is 0.147. The third-order valence-corrected chi connectivity index (χ3v) is 5.96. The number of carbonyl (C=O) groups is 1. The molecule has 3 heterocycles. The number of hydrogen-bond acceptors (Lipinski definition) is 5. The summed E-state index contributed by atoms with van der Waals surface area (Å²) in [5.41, 5.74) is 0.990. The summed E-state index contributed by atoms with van der Waals surface area (Å²) in [6.45, 7) is 4.41. The molecule has 2 aromatic heterocycles. The van der Waals surface area contributed by atoms with Gasteiger partial charge in [0.2, 0.25) is 5.91 Å². The molecule has 0 spiro atoms. The number of rotatable bonds is 6. The van der Waals surface area contributed by atoms with E-state index < -0.39 is 0 Å². The lowest BCUT2D eigenvalue weighted by atomic mass is 10.1. The Morgan fingerprint density at radius 3 is 2.59 bits per heavy atom. The van der Waals surface area contributed by atoms with Crippen molar-refractivity contribution in [2.45, 2.75) is 36.7 Å². The lowest BCUT2D eigenvalue weighted by molar-refractivity contribution is -0.129. The summed E-state index contributed by atoms with van der Waals surface area (Å²) in [6.07, 6.45) is 3.78. The molecule has 140 valence electrons. The third kappa shape index (κ3) is 3.64. The van der Waals surface area contributed by atoms with Gasteiger partial charge in [0.1, 0.15) is 5.25 Å². The fourth-order valence-electron chi connectivity index (χ4n) is 3.35. The van der Waals surface area contributed by atoms with Crippen LogP contribution in [0.2, 0.25) is 0 Å². The summed E-state index contributed by atoms with van der Waals surface area (Å²) < 4.78 is 7.48. The fraction of sp³-hybridized carbons (Fsp3) is 0.350. The first-order valence-electron chi connectivity index (χ1n) is 9.25. The standard InChI is InChI=1S/C20H22N4O2S/c1-2-24-18(16-11-8-14-26-16)21-22-20(24)27-17(15-9-4-3-5-10-15)19(25)23-12-6-7-13-23/h3-5,8-11,14,17H,2,6-7,12-13H2,1H3/t17-/m1/s1. The van der Waals surface area contributed by atoms with Gasteiger partial charge in [0, 0.05) is 19.6 Å². The summed E-state index contributed by atoms with van der Waals surface area (Å²) in [7, 11) is 0. The maximum absolute atomic E-state index is 13.2. The summed E-state index contributed by atoms with van der Waals surface area (Å²) in [4.78, 5) is 15.2. The number of benzene rings is 1. The zero-order chi connectivity index (χ0) is 18.6. The van der Waals surface area contributed by atoms with Gasteiger partial charge in [-0.05, 0) is 37.5 Å². The van der Waals surface area contributed by atoms with Crippen molar-refractivity contribution in [3.05, 3.63) is 54.3 Å². The number of carbonyl (C=O) groups excluding carboxylic acids is 1. The van der Waals surface area contributed by atoms with Crippen LogP contribution in [0.1, 0.15) is 30.6 Å². The highest BCUT2D eigenvalue weighted by Crippen LogP contribution is 2.37. The highest BCUT2D eigenvalue weighted by molar-refractivity contribution is 8.00. The average molecular weight is 382 g/mol. The second kappa shape index (κ2) is 8.00. The van der Waals surface area contributed by atoms with Gasteiger partial charge in [0.25, 0.3) is 0 Å². The molecule has 0 bridgehead atoms. The molecule has 1 aromatic carbocycles. The molecule has 0 N–H and O–H groups in total. The molecular formula is C20H22N4O2S. The topological polar surface area (TPSA) is 64.2 Å². The van der Waals surface area contributed by atoms with Gasteiger partial charge in [-0.25, -0.2) is 0 Å². The molecule has 7 heteroatoms.